The zero-order valence-corrected chi connectivity index (χ0v) is 14.8. The molecule has 0 fully saturated rings. The number of rotatable bonds is 3. The number of hydrogen-bond donors (Lipinski definition) is 0. The van der Waals surface area contributed by atoms with Gasteiger partial charge in [0.15, 0.2) is 0 Å². The van der Waals surface area contributed by atoms with Crippen molar-refractivity contribution < 1.29 is 9.53 Å². The van der Waals surface area contributed by atoms with Gasteiger partial charge in [0.05, 0.1) is 5.56 Å². The summed E-state index contributed by atoms with van der Waals surface area (Å²) in [5.74, 6) is 0.205. The molecule has 114 valence electrons. The van der Waals surface area contributed by atoms with Gasteiger partial charge in [0.25, 0.3) is 0 Å². The molecule has 3 heteroatoms. The molecule has 3 rings (SSSR count). The molecule has 23 heavy (non-hydrogen) atoms. The Hall–Kier alpha value is -2.14. The Labute approximate surface area is 149 Å². The molecule has 0 atom stereocenters. The highest BCUT2D eigenvalue weighted by atomic mass is 127. The van der Waals surface area contributed by atoms with Crippen LogP contribution in [0.25, 0.3) is 11.1 Å². The highest BCUT2D eigenvalue weighted by Gasteiger charge is 2.09. The normalized spacial score (nSPS) is 10.3. The van der Waals surface area contributed by atoms with E-state index in [0.29, 0.717) is 11.3 Å². The molecule has 0 spiro atoms. The van der Waals surface area contributed by atoms with Gasteiger partial charge in [0.1, 0.15) is 5.75 Å². The summed E-state index contributed by atoms with van der Waals surface area (Å²) >= 11 is 2.18. The summed E-state index contributed by atoms with van der Waals surface area (Å²) < 4.78 is 6.43. The standard InChI is InChI=1S/C20H15IO2/c1-14-5-7-15(8-6-14)16-9-11-19(12-10-16)23-20(22)17-3-2-4-18(21)13-17/h2-13H,1H3. The Balaban J connectivity index is 1.75. The zero-order valence-electron chi connectivity index (χ0n) is 12.6. The van der Waals surface area contributed by atoms with E-state index in [4.69, 9.17) is 4.74 Å². The molecular formula is C20H15IO2. The van der Waals surface area contributed by atoms with Crippen LogP contribution in [0, 0.1) is 10.5 Å². The van der Waals surface area contributed by atoms with Crippen molar-refractivity contribution >= 4 is 28.6 Å². The predicted molar refractivity (Wildman–Crippen MR) is 101 cm³/mol. The van der Waals surface area contributed by atoms with Crippen LogP contribution in [0.1, 0.15) is 15.9 Å². The topological polar surface area (TPSA) is 26.3 Å². The monoisotopic (exact) mass is 414 g/mol. The lowest BCUT2D eigenvalue weighted by Crippen LogP contribution is -2.08. The molecule has 0 radical (unpaired) electrons. The third-order valence-electron chi connectivity index (χ3n) is 3.51. The minimum atomic E-state index is -0.341. The molecule has 3 aromatic carbocycles. The van der Waals surface area contributed by atoms with Gasteiger partial charge in [0.2, 0.25) is 0 Å². The maximum Gasteiger partial charge on any atom is 0.343 e. The third kappa shape index (κ3) is 3.99. The first-order valence-corrected chi connectivity index (χ1v) is 8.34. The largest absolute Gasteiger partial charge is 0.423 e. The number of hydrogen-bond acceptors (Lipinski definition) is 2. The molecule has 0 aliphatic rings. The Morgan fingerprint density at radius 3 is 2.09 bits per heavy atom. The molecular weight excluding hydrogens is 399 g/mol. The second kappa shape index (κ2) is 6.96. The van der Waals surface area contributed by atoms with E-state index in [1.807, 2.05) is 42.5 Å². The van der Waals surface area contributed by atoms with Crippen molar-refractivity contribution in [3.05, 3.63) is 87.5 Å². The number of carbonyl (C=O) groups excluding carboxylic acids is 1. The first kappa shape index (κ1) is 15.7. The summed E-state index contributed by atoms with van der Waals surface area (Å²) in [5, 5.41) is 0. The highest BCUT2D eigenvalue weighted by Crippen LogP contribution is 2.23. The van der Waals surface area contributed by atoms with E-state index in [1.165, 1.54) is 5.56 Å². The van der Waals surface area contributed by atoms with E-state index in [9.17, 15) is 4.79 Å². The number of ether oxygens (including phenoxy) is 1. The Kier molecular flexibility index (Phi) is 4.76. The van der Waals surface area contributed by atoms with E-state index >= 15 is 0 Å². The summed E-state index contributed by atoms with van der Waals surface area (Å²) in [6.45, 7) is 2.07. The molecule has 0 aliphatic carbocycles. The van der Waals surface area contributed by atoms with Gasteiger partial charge < -0.3 is 4.74 Å². The van der Waals surface area contributed by atoms with Crippen molar-refractivity contribution in [2.24, 2.45) is 0 Å². The van der Waals surface area contributed by atoms with Crippen molar-refractivity contribution in [3.63, 3.8) is 0 Å². The first-order chi connectivity index (χ1) is 11.1. The Morgan fingerprint density at radius 2 is 1.48 bits per heavy atom. The van der Waals surface area contributed by atoms with E-state index < -0.39 is 0 Å². The molecule has 0 heterocycles. The summed E-state index contributed by atoms with van der Waals surface area (Å²) in [7, 11) is 0. The van der Waals surface area contributed by atoms with Crippen LogP contribution in [0.4, 0.5) is 0 Å². The Bertz CT molecular complexity index is 821. The van der Waals surface area contributed by atoms with Gasteiger partial charge in [-0.1, -0.05) is 48.0 Å². The van der Waals surface area contributed by atoms with Crippen LogP contribution in [0.2, 0.25) is 0 Å². The first-order valence-electron chi connectivity index (χ1n) is 7.27. The lowest BCUT2D eigenvalue weighted by Gasteiger charge is -2.07. The fraction of sp³-hybridized carbons (Fsp3) is 0.0500. The lowest BCUT2D eigenvalue weighted by molar-refractivity contribution is 0.0734. The lowest BCUT2D eigenvalue weighted by atomic mass is 10.0. The number of esters is 1. The minimum absolute atomic E-state index is 0.341. The van der Waals surface area contributed by atoms with Crippen molar-refractivity contribution in [2.75, 3.05) is 0 Å². The molecule has 0 saturated heterocycles. The van der Waals surface area contributed by atoms with E-state index in [0.717, 1.165) is 14.7 Å². The van der Waals surface area contributed by atoms with Crippen LogP contribution in [0.15, 0.2) is 72.8 Å². The summed E-state index contributed by atoms with van der Waals surface area (Å²) in [6.07, 6.45) is 0. The summed E-state index contributed by atoms with van der Waals surface area (Å²) in [5.41, 5.74) is 4.03. The second-order valence-corrected chi connectivity index (χ2v) is 6.54. The number of benzene rings is 3. The highest BCUT2D eigenvalue weighted by molar-refractivity contribution is 14.1. The maximum atomic E-state index is 12.1. The number of carbonyl (C=O) groups is 1. The fourth-order valence-corrected chi connectivity index (χ4v) is 2.79. The zero-order chi connectivity index (χ0) is 16.2. The van der Waals surface area contributed by atoms with Gasteiger partial charge in [-0.25, -0.2) is 4.79 Å². The van der Waals surface area contributed by atoms with E-state index in [1.54, 1.807) is 6.07 Å². The number of aryl methyl sites for hydroxylation is 1. The molecule has 3 aromatic rings. The smallest absolute Gasteiger partial charge is 0.343 e. The van der Waals surface area contributed by atoms with Crippen molar-refractivity contribution in [1.82, 2.24) is 0 Å². The molecule has 0 aliphatic heterocycles. The Morgan fingerprint density at radius 1 is 0.870 bits per heavy atom. The van der Waals surface area contributed by atoms with Crippen LogP contribution in [-0.4, -0.2) is 5.97 Å². The van der Waals surface area contributed by atoms with Gasteiger partial charge in [-0.05, 0) is 71.0 Å². The van der Waals surface area contributed by atoms with Gasteiger partial charge in [0, 0.05) is 3.57 Å². The van der Waals surface area contributed by atoms with E-state index in [-0.39, 0.29) is 5.97 Å². The van der Waals surface area contributed by atoms with Gasteiger partial charge in [-0.15, -0.1) is 0 Å². The molecule has 0 saturated carbocycles. The minimum Gasteiger partial charge on any atom is -0.423 e. The van der Waals surface area contributed by atoms with Crippen LogP contribution in [0.5, 0.6) is 5.75 Å². The van der Waals surface area contributed by atoms with Crippen LogP contribution in [-0.2, 0) is 0 Å². The van der Waals surface area contributed by atoms with Crippen LogP contribution >= 0.6 is 22.6 Å². The summed E-state index contributed by atoms with van der Waals surface area (Å²) in [6, 6.07) is 23.2. The van der Waals surface area contributed by atoms with Gasteiger partial charge in [-0.3, -0.25) is 0 Å². The molecule has 0 unspecified atom stereocenters. The molecule has 2 nitrogen and oxygen atoms in total. The van der Waals surface area contributed by atoms with Crippen molar-refractivity contribution in [3.8, 4) is 16.9 Å². The van der Waals surface area contributed by atoms with Crippen LogP contribution < -0.4 is 4.74 Å². The number of halogens is 1. The molecule has 0 bridgehead atoms. The fourth-order valence-electron chi connectivity index (χ4n) is 2.24. The van der Waals surface area contributed by atoms with Crippen molar-refractivity contribution in [1.29, 1.82) is 0 Å². The van der Waals surface area contributed by atoms with Crippen LogP contribution in [0.3, 0.4) is 0 Å². The SMILES string of the molecule is Cc1ccc(-c2ccc(OC(=O)c3cccc(I)c3)cc2)cc1. The van der Waals surface area contributed by atoms with Crippen molar-refractivity contribution in [2.45, 2.75) is 6.92 Å². The predicted octanol–water partition coefficient (Wildman–Crippen LogP) is 5.49. The maximum absolute atomic E-state index is 12.1. The molecule has 0 aromatic heterocycles. The average Bonchev–Trinajstić information content (AvgIpc) is 2.56. The van der Waals surface area contributed by atoms with Gasteiger partial charge >= 0.3 is 5.97 Å². The third-order valence-corrected chi connectivity index (χ3v) is 4.18. The summed E-state index contributed by atoms with van der Waals surface area (Å²) in [4.78, 5) is 12.1. The quantitative estimate of drug-likeness (QED) is 0.322. The van der Waals surface area contributed by atoms with Gasteiger partial charge in [-0.2, -0.15) is 0 Å². The van der Waals surface area contributed by atoms with E-state index in [2.05, 4.69) is 53.8 Å². The molecule has 0 amide bonds. The molecule has 0 N–H and O–H groups in total. The average molecular weight is 414 g/mol. The second-order valence-electron chi connectivity index (χ2n) is 5.29.